The number of esters is 1. The van der Waals surface area contributed by atoms with E-state index in [9.17, 15) is 14.4 Å². The number of rotatable bonds is 3. The molecule has 4 nitrogen and oxygen atoms in total. The number of fused-ring (bicyclic) bond motifs is 4. The van der Waals surface area contributed by atoms with E-state index in [2.05, 4.69) is 34.6 Å². The van der Waals surface area contributed by atoms with Crippen molar-refractivity contribution >= 4 is 17.5 Å². The van der Waals surface area contributed by atoms with E-state index in [0.717, 1.165) is 25.7 Å². The monoisotopic (exact) mass is 372 g/mol. The minimum absolute atomic E-state index is 0.0428. The van der Waals surface area contributed by atoms with Crippen LogP contribution in [0, 0.1) is 39.4 Å². The Bertz CT molecular complexity index is 773. The zero-order valence-corrected chi connectivity index (χ0v) is 17.5. The molecule has 5 atom stereocenters. The van der Waals surface area contributed by atoms with Gasteiger partial charge in [0.1, 0.15) is 12.4 Å². The van der Waals surface area contributed by atoms with Crippen LogP contribution >= 0.6 is 0 Å². The number of ketones is 2. The van der Waals surface area contributed by atoms with Crippen molar-refractivity contribution in [2.24, 2.45) is 39.4 Å². The van der Waals surface area contributed by atoms with Crippen LogP contribution in [-0.4, -0.2) is 24.1 Å². The molecule has 0 N–H and O–H groups in total. The van der Waals surface area contributed by atoms with Crippen LogP contribution in [0.4, 0.5) is 0 Å². The first-order valence-corrected chi connectivity index (χ1v) is 10.4. The second-order valence-electron chi connectivity index (χ2n) is 10.9. The van der Waals surface area contributed by atoms with E-state index in [-0.39, 0.29) is 57.6 Å². The molecular weight excluding hydrogens is 340 g/mol. The number of Topliss-reactive ketones (excluding diaryl/α,β-unsaturated/α-hetero) is 2. The molecule has 0 radical (unpaired) electrons. The quantitative estimate of drug-likeness (QED) is 0.552. The van der Waals surface area contributed by atoms with Crippen LogP contribution < -0.4 is 0 Å². The molecule has 4 aliphatic rings. The fourth-order valence-electron chi connectivity index (χ4n) is 6.90. The molecule has 0 saturated heterocycles. The summed E-state index contributed by atoms with van der Waals surface area (Å²) in [5.41, 5.74) is -0.200. The van der Waals surface area contributed by atoms with Crippen molar-refractivity contribution in [2.75, 3.05) is 6.61 Å². The molecule has 0 aromatic heterocycles. The first-order chi connectivity index (χ1) is 12.4. The number of hydrogen-bond acceptors (Lipinski definition) is 4. The number of hydrogen-bond donors (Lipinski definition) is 0. The molecule has 0 unspecified atom stereocenters. The maximum Gasteiger partial charge on any atom is 0.331 e. The molecule has 148 valence electrons. The first kappa shape index (κ1) is 18.9. The van der Waals surface area contributed by atoms with E-state index >= 15 is 0 Å². The van der Waals surface area contributed by atoms with Crippen molar-refractivity contribution in [3.8, 4) is 0 Å². The Hall–Kier alpha value is -1.45. The van der Waals surface area contributed by atoms with Crippen molar-refractivity contribution in [3.63, 3.8) is 0 Å². The van der Waals surface area contributed by atoms with Crippen LogP contribution in [0.25, 0.3) is 0 Å². The Morgan fingerprint density at radius 3 is 2.15 bits per heavy atom. The van der Waals surface area contributed by atoms with Crippen molar-refractivity contribution < 1.29 is 19.1 Å². The van der Waals surface area contributed by atoms with Gasteiger partial charge in [0.15, 0.2) is 5.78 Å². The zero-order valence-electron chi connectivity index (χ0n) is 17.5. The number of allylic oxidation sites excluding steroid dienone is 1. The van der Waals surface area contributed by atoms with Gasteiger partial charge in [-0.15, -0.1) is 0 Å². The molecular formula is C23H32O4. The number of carbonyl (C=O) groups is 3. The summed E-state index contributed by atoms with van der Waals surface area (Å²) in [5.74, 6) is 0.0794. The van der Waals surface area contributed by atoms with Gasteiger partial charge in [0.2, 0.25) is 0 Å². The first-order valence-electron chi connectivity index (χ1n) is 10.4. The summed E-state index contributed by atoms with van der Waals surface area (Å²) in [7, 11) is 0. The molecule has 0 spiro atoms. The predicted molar refractivity (Wildman–Crippen MR) is 102 cm³/mol. The molecule has 27 heavy (non-hydrogen) atoms. The van der Waals surface area contributed by atoms with E-state index in [4.69, 9.17) is 4.74 Å². The van der Waals surface area contributed by atoms with Gasteiger partial charge < -0.3 is 4.74 Å². The van der Waals surface area contributed by atoms with Gasteiger partial charge in [-0.3, -0.25) is 9.59 Å². The van der Waals surface area contributed by atoms with Crippen molar-refractivity contribution in [2.45, 2.75) is 67.2 Å². The minimum atomic E-state index is -0.469. The number of carbonyl (C=O) groups excluding carboxylic acids is 3. The largest absolute Gasteiger partial charge is 0.462 e. The van der Waals surface area contributed by atoms with Gasteiger partial charge in [-0.25, -0.2) is 4.79 Å². The topological polar surface area (TPSA) is 60.4 Å². The summed E-state index contributed by atoms with van der Waals surface area (Å²) in [6.45, 7) is 12.8. The lowest BCUT2D eigenvalue weighted by Gasteiger charge is -2.32. The molecule has 4 rings (SSSR count). The molecule has 0 amide bonds. The lowest BCUT2D eigenvalue weighted by atomic mass is 9.70. The average Bonchev–Trinajstić information content (AvgIpc) is 3.06. The molecule has 4 bridgehead atoms. The van der Waals surface area contributed by atoms with Gasteiger partial charge in [0.25, 0.3) is 0 Å². The third kappa shape index (κ3) is 2.08. The van der Waals surface area contributed by atoms with E-state index < -0.39 is 5.97 Å². The van der Waals surface area contributed by atoms with Crippen LogP contribution in [0.3, 0.4) is 0 Å². The molecule has 4 aliphatic carbocycles. The Labute approximate surface area is 162 Å². The third-order valence-electron chi connectivity index (χ3n) is 9.71. The smallest absolute Gasteiger partial charge is 0.331 e. The molecule has 0 aromatic carbocycles. The van der Waals surface area contributed by atoms with Crippen molar-refractivity contribution in [1.29, 1.82) is 0 Å². The van der Waals surface area contributed by atoms with E-state index in [1.165, 1.54) is 6.08 Å². The fourth-order valence-corrected chi connectivity index (χ4v) is 6.90. The molecule has 4 saturated carbocycles. The highest BCUT2D eigenvalue weighted by atomic mass is 16.5. The molecule has 0 aromatic rings. The van der Waals surface area contributed by atoms with Crippen LogP contribution in [0.1, 0.15) is 67.2 Å². The van der Waals surface area contributed by atoms with Gasteiger partial charge in [-0.05, 0) is 48.3 Å². The maximum atomic E-state index is 12.9. The molecule has 4 heteroatoms. The van der Waals surface area contributed by atoms with Crippen LogP contribution in [0.15, 0.2) is 11.6 Å². The maximum absolute atomic E-state index is 12.9. The third-order valence-corrected chi connectivity index (χ3v) is 9.71. The van der Waals surface area contributed by atoms with Crippen LogP contribution in [-0.2, 0) is 19.1 Å². The lowest BCUT2D eigenvalue weighted by Crippen LogP contribution is -2.34. The SMILES string of the molecule is CC1(C)[C@@H]2CC[C@@]1(C)C(=O)[C@@H]2COC(=O)/C=C1\C(=O)[C@]2(C)CC[C@@H]1C2(C)C. The van der Waals surface area contributed by atoms with Gasteiger partial charge in [0, 0.05) is 22.5 Å². The van der Waals surface area contributed by atoms with Crippen LogP contribution in [0.5, 0.6) is 0 Å². The van der Waals surface area contributed by atoms with E-state index in [0.29, 0.717) is 5.57 Å². The Morgan fingerprint density at radius 1 is 1.00 bits per heavy atom. The van der Waals surface area contributed by atoms with Crippen molar-refractivity contribution in [3.05, 3.63) is 11.6 Å². The highest BCUT2D eigenvalue weighted by molar-refractivity contribution is 6.08. The number of ether oxygens (including phenoxy) is 1. The Morgan fingerprint density at radius 2 is 1.63 bits per heavy atom. The highest BCUT2D eigenvalue weighted by Crippen LogP contribution is 2.66. The zero-order chi connectivity index (χ0) is 20.0. The van der Waals surface area contributed by atoms with Gasteiger partial charge in [-0.1, -0.05) is 41.5 Å². The second-order valence-corrected chi connectivity index (χ2v) is 10.9. The summed E-state index contributed by atoms with van der Waals surface area (Å²) in [4.78, 5) is 38.2. The Balaban J connectivity index is 1.47. The molecule has 4 fully saturated rings. The van der Waals surface area contributed by atoms with Gasteiger partial charge >= 0.3 is 5.97 Å². The summed E-state index contributed by atoms with van der Waals surface area (Å²) in [6, 6.07) is 0. The van der Waals surface area contributed by atoms with E-state index in [1.807, 2.05) is 6.92 Å². The van der Waals surface area contributed by atoms with Gasteiger partial charge in [-0.2, -0.15) is 0 Å². The summed E-state index contributed by atoms with van der Waals surface area (Å²) in [6.07, 6.45) is 5.21. The highest BCUT2D eigenvalue weighted by Gasteiger charge is 2.66. The second kappa shape index (κ2) is 5.33. The minimum Gasteiger partial charge on any atom is -0.462 e. The Kier molecular flexibility index (Phi) is 3.73. The van der Waals surface area contributed by atoms with Crippen molar-refractivity contribution in [1.82, 2.24) is 0 Å². The summed E-state index contributed by atoms with van der Waals surface area (Å²) < 4.78 is 5.52. The standard InChI is InChI=1S/C23H32O4/c1-20(2)15-7-9-22(20,5)18(25)13(15)11-17(24)27-12-14-16-8-10-23(6,19(14)26)21(16,3)4/h11,14-16H,7-10,12H2,1-6H3/b13-11-/t14-,15+,16-,22+,23+/m1/s1. The molecule has 0 heterocycles. The van der Waals surface area contributed by atoms with Gasteiger partial charge in [0.05, 0.1) is 5.92 Å². The lowest BCUT2D eigenvalue weighted by molar-refractivity contribution is -0.143. The fraction of sp³-hybridized carbons (Fsp3) is 0.783. The van der Waals surface area contributed by atoms with E-state index in [1.54, 1.807) is 0 Å². The van der Waals surface area contributed by atoms with Crippen LogP contribution in [0.2, 0.25) is 0 Å². The summed E-state index contributed by atoms with van der Waals surface area (Å²) in [5, 5.41) is 0. The molecule has 0 aliphatic heterocycles. The normalized spacial score (nSPS) is 45.1. The predicted octanol–water partition coefficient (Wildman–Crippen LogP) is 4.12. The summed E-state index contributed by atoms with van der Waals surface area (Å²) >= 11 is 0. The average molecular weight is 373 g/mol.